The predicted octanol–water partition coefficient (Wildman–Crippen LogP) is 1.99. The average molecular weight is 281 g/mol. The number of nitrogens with two attached hydrogens (primary N) is 1. The number of oxime groups is 1. The zero-order chi connectivity index (χ0) is 15.2. The van der Waals surface area contributed by atoms with Crippen LogP contribution in [0.2, 0.25) is 0 Å². The van der Waals surface area contributed by atoms with Crippen molar-refractivity contribution in [2.24, 2.45) is 16.3 Å². The number of benzene rings is 1. The second kappa shape index (κ2) is 6.88. The molecule has 110 valence electrons. The first-order valence-electron chi connectivity index (χ1n) is 6.51. The van der Waals surface area contributed by atoms with Gasteiger partial charge in [-0.25, -0.2) is 4.39 Å². The summed E-state index contributed by atoms with van der Waals surface area (Å²) in [5.74, 6) is -0.727. The monoisotopic (exact) mass is 281 g/mol. The van der Waals surface area contributed by atoms with Gasteiger partial charge in [-0.05, 0) is 30.5 Å². The van der Waals surface area contributed by atoms with Crippen LogP contribution in [0.15, 0.2) is 29.4 Å². The molecule has 0 aliphatic carbocycles. The minimum absolute atomic E-state index is 0.0980. The van der Waals surface area contributed by atoms with Crippen molar-refractivity contribution >= 4 is 11.7 Å². The van der Waals surface area contributed by atoms with Crippen molar-refractivity contribution in [3.05, 3.63) is 35.6 Å². The van der Waals surface area contributed by atoms with E-state index in [-0.39, 0.29) is 24.1 Å². The van der Waals surface area contributed by atoms with Crippen molar-refractivity contribution in [3.63, 3.8) is 0 Å². The maximum atomic E-state index is 12.8. The number of amidine groups is 1. The number of amides is 1. The van der Waals surface area contributed by atoms with Gasteiger partial charge in [0.15, 0.2) is 5.84 Å². The van der Waals surface area contributed by atoms with Gasteiger partial charge in [-0.3, -0.25) is 4.79 Å². The van der Waals surface area contributed by atoms with E-state index in [0.29, 0.717) is 12.8 Å². The van der Waals surface area contributed by atoms with Crippen molar-refractivity contribution in [2.75, 3.05) is 0 Å². The van der Waals surface area contributed by atoms with Crippen LogP contribution >= 0.6 is 0 Å². The maximum Gasteiger partial charge on any atom is 0.234 e. The van der Waals surface area contributed by atoms with Crippen molar-refractivity contribution in [2.45, 2.75) is 33.2 Å². The van der Waals surface area contributed by atoms with Crippen LogP contribution < -0.4 is 11.1 Å². The Labute approximate surface area is 117 Å². The van der Waals surface area contributed by atoms with Gasteiger partial charge in [0.2, 0.25) is 5.91 Å². The van der Waals surface area contributed by atoms with Crippen LogP contribution in [0.1, 0.15) is 32.3 Å². The molecule has 0 bridgehead atoms. The number of hydrogen-bond donors (Lipinski definition) is 3. The van der Waals surface area contributed by atoms with E-state index < -0.39 is 5.41 Å². The molecule has 0 aliphatic rings. The fraction of sp³-hybridized carbons (Fsp3) is 0.429. The number of nitrogens with one attached hydrogen (secondary N) is 1. The topological polar surface area (TPSA) is 87.7 Å². The highest BCUT2D eigenvalue weighted by Crippen LogP contribution is 2.27. The Kier molecular flexibility index (Phi) is 5.49. The highest BCUT2D eigenvalue weighted by Gasteiger charge is 2.39. The molecule has 0 fully saturated rings. The van der Waals surface area contributed by atoms with Crippen molar-refractivity contribution in [3.8, 4) is 0 Å². The molecule has 0 unspecified atom stereocenters. The van der Waals surface area contributed by atoms with Gasteiger partial charge in [-0.2, -0.15) is 0 Å². The number of carbonyl (C=O) groups excluding carboxylic acids is 1. The lowest BCUT2D eigenvalue weighted by molar-refractivity contribution is -0.128. The van der Waals surface area contributed by atoms with E-state index in [1.165, 1.54) is 12.1 Å². The molecule has 0 atom stereocenters. The van der Waals surface area contributed by atoms with Crippen LogP contribution in [-0.4, -0.2) is 17.0 Å². The second-order valence-electron chi connectivity index (χ2n) is 4.58. The Morgan fingerprint density at radius 1 is 1.35 bits per heavy atom. The van der Waals surface area contributed by atoms with Crippen LogP contribution in [0, 0.1) is 11.2 Å². The molecule has 0 radical (unpaired) electrons. The second-order valence-corrected chi connectivity index (χ2v) is 4.58. The highest BCUT2D eigenvalue weighted by atomic mass is 19.1. The Morgan fingerprint density at radius 2 is 1.90 bits per heavy atom. The molecule has 0 saturated carbocycles. The largest absolute Gasteiger partial charge is 0.409 e. The molecular formula is C14H20FN3O2. The fourth-order valence-electron chi connectivity index (χ4n) is 2.10. The molecule has 1 aromatic carbocycles. The van der Waals surface area contributed by atoms with Crippen molar-refractivity contribution < 1.29 is 14.4 Å². The lowest BCUT2D eigenvalue weighted by Gasteiger charge is -2.28. The summed E-state index contributed by atoms with van der Waals surface area (Å²) in [5.41, 5.74) is 5.41. The first-order valence-corrected chi connectivity index (χ1v) is 6.51. The van der Waals surface area contributed by atoms with Gasteiger partial charge in [-0.15, -0.1) is 0 Å². The third kappa shape index (κ3) is 3.26. The molecule has 1 aromatic rings. The van der Waals surface area contributed by atoms with Gasteiger partial charge in [0, 0.05) is 6.54 Å². The normalized spacial score (nSPS) is 12.2. The molecule has 0 aliphatic heterocycles. The number of nitrogens with zero attached hydrogens (tertiary/aromatic N) is 1. The standard InChI is InChI=1S/C14H20FN3O2/c1-3-14(4-2,12(16)18-20)13(19)17-9-10-5-7-11(15)8-6-10/h5-8,20H,3-4,9H2,1-2H3,(H2,16,18)(H,17,19). The average Bonchev–Trinajstić information content (AvgIpc) is 2.48. The van der Waals surface area contributed by atoms with Gasteiger partial charge in [0.25, 0.3) is 0 Å². The van der Waals surface area contributed by atoms with Gasteiger partial charge in [0.1, 0.15) is 11.2 Å². The molecule has 0 saturated heterocycles. The molecule has 0 spiro atoms. The lowest BCUT2D eigenvalue weighted by atomic mass is 9.80. The Balaban J connectivity index is 2.80. The summed E-state index contributed by atoms with van der Waals surface area (Å²) in [6, 6.07) is 5.85. The van der Waals surface area contributed by atoms with E-state index in [4.69, 9.17) is 10.9 Å². The maximum absolute atomic E-state index is 12.8. The third-order valence-corrected chi connectivity index (χ3v) is 3.61. The molecule has 0 heterocycles. The minimum atomic E-state index is -1.02. The summed E-state index contributed by atoms with van der Waals surface area (Å²) in [6.07, 6.45) is 0.850. The van der Waals surface area contributed by atoms with E-state index in [1.54, 1.807) is 26.0 Å². The third-order valence-electron chi connectivity index (χ3n) is 3.61. The van der Waals surface area contributed by atoms with Crippen LogP contribution in [0.25, 0.3) is 0 Å². The van der Waals surface area contributed by atoms with Gasteiger partial charge >= 0.3 is 0 Å². The van der Waals surface area contributed by atoms with Crippen LogP contribution in [0.3, 0.4) is 0 Å². The molecule has 20 heavy (non-hydrogen) atoms. The van der Waals surface area contributed by atoms with E-state index >= 15 is 0 Å². The van der Waals surface area contributed by atoms with Crippen molar-refractivity contribution in [1.82, 2.24) is 5.32 Å². The summed E-state index contributed by atoms with van der Waals surface area (Å²) >= 11 is 0. The van der Waals surface area contributed by atoms with Crippen LogP contribution in [-0.2, 0) is 11.3 Å². The van der Waals surface area contributed by atoms with Crippen LogP contribution in [0.5, 0.6) is 0 Å². The summed E-state index contributed by atoms with van der Waals surface area (Å²) in [7, 11) is 0. The summed E-state index contributed by atoms with van der Waals surface area (Å²) < 4.78 is 12.8. The number of rotatable bonds is 6. The smallest absolute Gasteiger partial charge is 0.234 e. The van der Waals surface area contributed by atoms with Gasteiger partial charge < -0.3 is 16.3 Å². The predicted molar refractivity (Wildman–Crippen MR) is 74.7 cm³/mol. The molecule has 0 aromatic heterocycles. The van der Waals surface area contributed by atoms with E-state index in [0.717, 1.165) is 5.56 Å². The molecule has 4 N–H and O–H groups in total. The summed E-state index contributed by atoms with van der Waals surface area (Å²) in [4.78, 5) is 12.3. The molecule has 1 rings (SSSR count). The fourth-order valence-corrected chi connectivity index (χ4v) is 2.10. The van der Waals surface area contributed by atoms with Crippen LogP contribution in [0.4, 0.5) is 4.39 Å². The zero-order valence-electron chi connectivity index (χ0n) is 11.7. The van der Waals surface area contributed by atoms with Gasteiger partial charge in [0.05, 0.1) is 0 Å². The first-order chi connectivity index (χ1) is 9.50. The molecular weight excluding hydrogens is 261 g/mol. The quantitative estimate of drug-likeness (QED) is 0.322. The highest BCUT2D eigenvalue weighted by molar-refractivity contribution is 6.06. The Hall–Kier alpha value is -2.11. The summed E-state index contributed by atoms with van der Waals surface area (Å²) in [5, 5.41) is 14.6. The Morgan fingerprint density at radius 3 is 2.35 bits per heavy atom. The number of carbonyl (C=O) groups is 1. The number of halogens is 1. The van der Waals surface area contributed by atoms with Crippen molar-refractivity contribution in [1.29, 1.82) is 0 Å². The van der Waals surface area contributed by atoms with Gasteiger partial charge in [-0.1, -0.05) is 31.1 Å². The first kappa shape index (κ1) is 15.9. The number of hydrogen-bond acceptors (Lipinski definition) is 3. The van der Waals surface area contributed by atoms with E-state index in [2.05, 4.69) is 10.5 Å². The SMILES string of the molecule is CCC(CC)(C(=O)NCc1ccc(F)cc1)C(N)=NO. The van der Waals surface area contributed by atoms with E-state index in [9.17, 15) is 9.18 Å². The zero-order valence-corrected chi connectivity index (χ0v) is 11.7. The summed E-state index contributed by atoms with van der Waals surface area (Å²) in [6.45, 7) is 3.87. The Bertz CT molecular complexity index is 482. The minimum Gasteiger partial charge on any atom is -0.409 e. The lowest BCUT2D eigenvalue weighted by Crippen LogP contribution is -2.49. The molecule has 1 amide bonds. The molecule has 5 nitrogen and oxygen atoms in total. The molecule has 6 heteroatoms. The van der Waals surface area contributed by atoms with E-state index in [1.807, 2.05) is 0 Å².